The van der Waals surface area contributed by atoms with Gasteiger partial charge in [-0.1, -0.05) is 83.9 Å². The van der Waals surface area contributed by atoms with Crippen LogP contribution in [-0.4, -0.2) is 97.0 Å². The third-order valence-electron chi connectivity index (χ3n) is 10.4. The molecule has 12 heteroatoms. The third kappa shape index (κ3) is 11.9. The fraction of sp³-hybridized carbons (Fsp3) is 0.675. The first-order valence-electron chi connectivity index (χ1n) is 18.0. The Morgan fingerprint density at radius 1 is 1.04 bits per heavy atom. The average molecular weight is 735 g/mol. The number of carboxylic acids is 1. The Labute approximate surface area is 309 Å². The normalized spacial score (nSPS) is 33.0. The van der Waals surface area contributed by atoms with Gasteiger partial charge in [-0.05, 0) is 38.2 Å². The van der Waals surface area contributed by atoms with Crippen LogP contribution in [-0.2, 0) is 42.8 Å². The monoisotopic (exact) mass is 734 g/mol. The zero-order valence-corrected chi connectivity index (χ0v) is 32.9. The molecule has 12 unspecified atom stereocenters. The topological polar surface area (TPSA) is 167 Å². The molecule has 0 bridgehead atoms. The molecule has 1 saturated heterocycles. The molecule has 0 saturated carbocycles. The molecule has 2 rings (SSSR count). The molecule has 3 N–H and O–H groups in total. The number of rotatable bonds is 11. The fourth-order valence-corrected chi connectivity index (χ4v) is 7.30. The zero-order valence-electron chi connectivity index (χ0n) is 32.9. The molecule has 2 heterocycles. The van der Waals surface area contributed by atoms with Gasteiger partial charge in [-0.3, -0.25) is 0 Å². The van der Waals surface area contributed by atoms with Crippen LogP contribution in [0.1, 0.15) is 75.2 Å². The van der Waals surface area contributed by atoms with Gasteiger partial charge in [0.1, 0.15) is 18.3 Å². The van der Waals surface area contributed by atoms with Gasteiger partial charge in [0.25, 0.3) is 0 Å². The van der Waals surface area contributed by atoms with Crippen molar-refractivity contribution in [2.75, 3.05) is 21.3 Å². The second kappa shape index (κ2) is 20.2. The van der Waals surface area contributed by atoms with Gasteiger partial charge in [-0.15, -0.1) is 0 Å². The lowest BCUT2D eigenvalue weighted by molar-refractivity contribution is -0.339. The largest absolute Gasteiger partial charge is 0.490 e. The minimum absolute atomic E-state index is 0.0345. The smallest absolute Gasteiger partial charge is 0.373 e. The first-order valence-corrected chi connectivity index (χ1v) is 18.0. The highest BCUT2D eigenvalue weighted by molar-refractivity contribution is 5.90. The van der Waals surface area contributed by atoms with Gasteiger partial charge >= 0.3 is 17.9 Å². The lowest BCUT2D eigenvalue weighted by Crippen LogP contribution is -2.60. The van der Waals surface area contributed by atoms with Crippen molar-refractivity contribution < 1.29 is 58.1 Å². The van der Waals surface area contributed by atoms with Crippen molar-refractivity contribution >= 4 is 17.9 Å². The van der Waals surface area contributed by atoms with Gasteiger partial charge in [0.2, 0.25) is 5.76 Å². The number of aliphatic carboxylic acids is 1. The summed E-state index contributed by atoms with van der Waals surface area (Å²) in [6.45, 7) is 17.0. The maximum absolute atomic E-state index is 13.7. The van der Waals surface area contributed by atoms with Crippen molar-refractivity contribution in [1.29, 1.82) is 0 Å². The molecule has 0 amide bonds. The molecule has 294 valence electrons. The number of aliphatic hydroxyl groups is 2. The highest BCUT2D eigenvalue weighted by Gasteiger charge is 2.54. The molecule has 0 aliphatic carbocycles. The third-order valence-corrected chi connectivity index (χ3v) is 10.4. The van der Waals surface area contributed by atoms with Gasteiger partial charge < -0.3 is 43.7 Å². The molecule has 2 aliphatic rings. The lowest BCUT2D eigenvalue weighted by Gasteiger charge is -2.51. The van der Waals surface area contributed by atoms with Crippen LogP contribution in [0.25, 0.3) is 0 Å². The predicted molar refractivity (Wildman–Crippen MR) is 196 cm³/mol. The molecule has 52 heavy (non-hydrogen) atoms. The molecular weight excluding hydrogens is 672 g/mol. The maximum Gasteiger partial charge on any atom is 0.373 e. The molecule has 0 radical (unpaired) electrons. The summed E-state index contributed by atoms with van der Waals surface area (Å²) in [7, 11) is 4.31. The number of aliphatic hydroxyl groups excluding tert-OH is 2. The Morgan fingerprint density at radius 2 is 1.69 bits per heavy atom. The summed E-state index contributed by atoms with van der Waals surface area (Å²) in [5, 5.41) is 32.1. The Kier molecular flexibility index (Phi) is 17.5. The van der Waals surface area contributed by atoms with E-state index in [1.165, 1.54) is 21.3 Å². The highest BCUT2D eigenvalue weighted by Crippen LogP contribution is 2.44. The number of esters is 2. The fourth-order valence-electron chi connectivity index (χ4n) is 7.30. The van der Waals surface area contributed by atoms with Crippen molar-refractivity contribution in [1.82, 2.24) is 0 Å². The van der Waals surface area contributed by atoms with E-state index in [4.69, 9.17) is 33.5 Å². The number of cyclic esters (lactones) is 1. The van der Waals surface area contributed by atoms with Gasteiger partial charge in [-0.25, -0.2) is 14.4 Å². The lowest BCUT2D eigenvalue weighted by atomic mass is 9.76. The van der Waals surface area contributed by atoms with Crippen LogP contribution in [0.15, 0.2) is 59.4 Å². The molecule has 12 nitrogen and oxygen atoms in total. The molecule has 0 aromatic carbocycles. The SMILES string of the molecule is COC1=CC(C)=CC(C)C(O)C(C)CC(C)=CC=CC(OC)C(C(C)C(O)C(C)C2(OC)CC(OC(=O)/C=C/C(=O)O)C(C)C(C(C)C)O2)OC1=O. The number of carbonyl (C=O) groups excluding carboxylic acids is 2. The zero-order chi connectivity index (χ0) is 39.5. The average Bonchev–Trinajstić information content (AvgIpc) is 3.09. The van der Waals surface area contributed by atoms with E-state index in [0.29, 0.717) is 18.1 Å². The summed E-state index contributed by atoms with van der Waals surface area (Å²) in [6.07, 6.45) is 6.35. The van der Waals surface area contributed by atoms with Crippen LogP contribution in [0.4, 0.5) is 0 Å². The van der Waals surface area contributed by atoms with E-state index in [9.17, 15) is 24.6 Å². The minimum Gasteiger partial charge on any atom is -0.490 e. The highest BCUT2D eigenvalue weighted by atomic mass is 16.7. The maximum atomic E-state index is 13.7. The van der Waals surface area contributed by atoms with Crippen LogP contribution < -0.4 is 0 Å². The van der Waals surface area contributed by atoms with Crippen molar-refractivity contribution in [2.45, 2.75) is 118 Å². The molecule has 0 spiro atoms. The quantitative estimate of drug-likeness (QED) is 0.180. The number of allylic oxidation sites excluding steroid dienone is 5. The van der Waals surface area contributed by atoms with Gasteiger partial charge in [0.05, 0.1) is 25.4 Å². The summed E-state index contributed by atoms with van der Waals surface area (Å²) >= 11 is 0. The van der Waals surface area contributed by atoms with E-state index in [2.05, 4.69) is 0 Å². The first-order chi connectivity index (χ1) is 24.3. The Hall–Kier alpha value is -3.29. The molecular formula is C40H62O12. The molecule has 1 fully saturated rings. The standard InChI is InChI=1S/C40H62O12/c1-22(2)37-27(7)32(50-34(43)17-16-33(41)42)21-40(49-12,52-37)29(9)36(45)28(8)38-30(47-10)15-13-14-23(3)18-25(5)35(44)26(6)19-24(4)20-31(48-11)39(46)51-38/h13-17,19-20,22,25-30,32,35-38,44-45H,18,21H2,1-12H3,(H,41,42)/b15-13?,17-16+,23-14?,24-19?,31-20?. The second-order valence-corrected chi connectivity index (χ2v) is 14.8. The number of carbonyl (C=O) groups is 3. The Morgan fingerprint density at radius 3 is 2.25 bits per heavy atom. The van der Waals surface area contributed by atoms with E-state index in [1.54, 1.807) is 26.0 Å². The summed E-state index contributed by atoms with van der Waals surface area (Å²) in [5.41, 5.74) is 1.74. The second-order valence-electron chi connectivity index (χ2n) is 14.8. The first kappa shape index (κ1) is 44.9. The van der Waals surface area contributed by atoms with Gasteiger partial charge in [0.15, 0.2) is 5.79 Å². The molecule has 0 aromatic heterocycles. The number of hydrogen-bond donors (Lipinski definition) is 3. The number of ether oxygens (including phenoxy) is 6. The Bertz CT molecular complexity index is 1360. The van der Waals surface area contributed by atoms with Crippen LogP contribution in [0.2, 0.25) is 0 Å². The predicted octanol–water partition coefficient (Wildman–Crippen LogP) is 5.54. The molecule has 2 aliphatic heterocycles. The van der Waals surface area contributed by atoms with Crippen molar-refractivity contribution in [3.05, 3.63) is 59.4 Å². The number of methoxy groups -OCH3 is 3. The minimum atomic E-state index is -1.45. The van der Waals surface area contributed by atoms with E-state index in [-0.39, 0.29) is 35.9 Å². The van der Waals surface area contributed by atoms with E-state index in [1.807, 2.05) is 66.7 Å². The summed E-state index contributed by atoms with van der Waals surface area (Å²) in [6, 6.07) is 0. The molecule has 0 aromatic rings. The Balaban J connectivity index is 2.59. The van der Waals surface area contributed by atoms with E-state index < -0.39 is 72.2 Å². The summed E-state index contributed by atoms with van der Waals surface area (Å²) < 4.78 is 35.9. The van der Waals surface area contributed by atoms with Crippen LogP contribution in [0, 0.1) is 35.5 Å². The van der Waals surface area contributed by atoms with Crippen molar-refractivity contribution in [3.8, 4) is 0 Å². The van der Waals surface area contributed by atoms with Crippen LogP contribution in [0.5, 0.6) is 0 Å². The van der Waals surface area contributed by atoms with E-state index >= 15 is 0 Å². The van der Waals surface area contributed by atoms with Crippen molar-refractivity contribution in [3.63, 3.8) is 0 Å². The van der Waals surface area contributed by atoms with Crippen LogP contribution in [0.3, 0.4) is 0 Å². The van der Waals surface area contributed by atoms with E-state index in [0.717, 1.165) is 11.6 Å². The van der Waals surface area contributed by atoms with Gasteiger partial charge in [-0.2, -0.15) is 0 Å². The van der Waals surface area contributed by atoms with Crippen molar-refractivity contribution in [2.24, 2.45) is 35.5 Å². The summed E-state index contributed by atoms with van der Waals surface area (Å²) in [4.78, 5) is 37.3. The number of hydrogen-bond acceptors (Lipinski definition) is 11. The van der Waals surface area contributed by atoms with Crippen LogP contribution >= 0.6 is 0 Å². The van der Waals surface area contributed by atoms with Gasteiger partial charge in [0, 0.05) is 56.5 Å². The molecule has 12 atom stereocenters. The summed E-state index contributed by atoms with van der Waals surface area (Å²) in [5.74, 6) is -6.48. The number of carboxylic acid groups (broad SMARTS) is 1.